The van der Waals surface area contributed by atoms with Gasteiger partial charge in [-0.2, -0.15) is 0 Å². The van der Waals surface area contributed by atoms with Crippen molar-refractivity contribution in [2.24, 2.45) is 0 Å². The number of nitrogens with two attached hydrogens (primary N) is 1. The first-order valence-electron chi connectivity index (χ1n) is 6.17. The Morgan fingerprint density at radius 2 is 2.21 bits per heavy atom. The van der Waals surface area contributed by atoms with Crippen molar-refractivity contribution in [3.8, 4) is 0 Å². The lowest BCUT2D eigenvalue weighted by Gasteiger charge is -2.19. The van der Waals surface area contributed by atoms with Gasteiger partial charge in [0.05, 0.1) is 0 Å². The van der Waals surface area contributed by atoms with Crippen LogP contribution in [0.15, 0.2) is 34.9 Å². The summed E-state index contributed by atoms with van der Waals surface area (Å²) in [6.07, 6.45) is 0. The number of benzene rings is 1. The summed E-state index contributed by atoms with van der Waals surface area (Å²) in [6, 6.07) is 9.15. The lowest BCUT2D eigenvalue weighted by molar-refractivity contribution is 0.0742. The molecule has 2 aromatic rings. The molecule has 5 heteroatoms. The number of amides is 1. The standard InChI is InChI=1S/C14H17N3O2/c1-3-17(9-11-5-4-6-12(15)8-11)14(18)13-7-10(2)19-16-13/h4-8H,3,9,15H2,1-2H3. The van der Waals surface area contributed by atoms with E-state index in [-0.39, 0.29) is 5.91 Å². The summed E-state index contributed by atoms with van der Waals surface area (Å²) in [5.74, 6) is 0.491. The molecule has 0 fully saturated rings. The summed E-state index contributed by atoms with van der Waals surface area (Å²) in [5, 5.41) is 3.75. The van der Waals surface area contributed by atoms with Crippen LogP contribution in [0.4, 0.5) is 5.69 Å². The van der Waals surface area contributed by atoms with E-state index < -0.39 is 0 Å². The molecule has 0 unspecified atom stereocenters. The molecule has 1 heterocycles. The van der Waals surface area contributed by atoms with Crippen LogP contribution in [0, 0.1) is 6.92 Å². The summed E-state index contributed by atoms with van der Waals surface area (Å²) < 4.78 is 4.93. The molecule has 0 aliphatic carbocycles. The Kier molecular flexibility index (Phi) is 3.85. The topological polar surface area (TPSA) is 72.4 Å². The van der Waals surface area contributed by atoms with E-state index in [1.165, 1.54) is 0 Å². The van der Waals surface area contributed by atoms with Gasteiger partial charge in [-0.15, -0.1) is 0 Å². The zero-order valence-corrected chi connectivity index (χ0v) is 11.1. The minimum atomic E-state index is -0.137. The smallest absolute Gasteiger partial charge is 0.276 e. The molecule has 2 rings (SSSR count). The highest BCUT2D eigenvalue weighted by Crippen LogP contribution is 2.12. The largest absolute Gasteiger partial charge is 0.399 e. The summed E-state index contributed by atoms with van der Waals surface area (Å²) in [5.41, 5.74) is 7.76. The second kappa shape index (κ2) is 5.56. The molecule has 0 aliphatic heterocycles. The minimum absolute atomic E-state index is 0.137. The second-order valence-electron chi connectivity index (χ2n) is 4.39. The third-order valence-corrected chi connectivity index (χ3v) is 2.84. The van der Waals surface area contributed by atoms with Crippen LogP contribution in [0.1, 0.15) is 28.7 Å². The number of carbonyl (C=O) groups is 1. The molecular formula is C14H17N3O2. The fourth-order valence-corrected chi connectivity index (χ4v) is 1.87. The number of hydrogen-bond acceptors (Lipinski definition) is 4. The number of carbonyl (C=O) groups excluding carboxylic acids is 1. The van der Waals surface area contributed by atoms with Crippen LogP contribution in [0.3, 0.4) is 0 Å². The van der Waals surface area contributed by atoms with Gasteiger partial charge in [-0.1, -0.05) is 17.3 Å². The van der Waals surface area contributed by atoms with Crippen LogP contribution in [0.2, 0.25) is 0 Å². The Hall–Kier alpha value is -2.30. The molecule has 19 heavy (non-hydrogen) atoms. The Morgan fingerprint density at radius 1 is 1.42 bits per heavy atom. The zero-order valence-electron chi connectivity index (χ0n) is 11.1. The number of rotatable bonds is 4. The van der Waals surface area contributed by atoms with Gasteiger partial charge < -0.3 is 15.2 Å². The van der Waals surface area contributed by atoms with E-state index in [9.17, 15) is 4.79 Å². The number of aromatic nitrogens is 1. The van der Waals surface area contributed by atoms with Gasteiger partial charge in [0.1, 0.15) is 5.76 Å². The molecule has 5 nitrogen and oxygen atoms in total. The van der Waals surface area contributed by atoms with E-state index >= 15 is 0 Å². The molecular weight excluding hydrogens is 242 g/mol. The van der Waals surface area contributed by atoms with Crippen molar-refractivity contribution in [3.05, 3.63) is 47.3 Å². The maximum Gasteiger partial charge on any atom is 0.276 e. The van der Waals surface area contributed by atoms with Gasteiger partial charge in [0, 0.05) is 24.8 Å². The fraction of sp³-hybridized carbons (Fsp3) is 0.286. The van der Waals surface area contributed by atoms with Gasteiger partial charge in [-0.05, 0) is 31.5 Å². The molecule has 0 saturated carbocycles. The van der Waals surface area contributed by atoms with Gasteiger partial charge in [-0.25, -0.2) is 0 Å². The van der Waals surface area contributed by atoms with E-state index in [1.807, 2.05) is 31.2 Å². The van der Waals surface area contributed by atoms with Gasteiger partial charge >= 0.3 is 0 Å². The van der Waals surface area contributed by atoms with E-state index in [0.717, 1.165) is 5.56 Å². The number of aryl methyl sites for hydroxylation is 1. The number of nitrogens with zero attached hydrogens (tertiary/aromatic N) is 2. The lowest BCUT2D eigenvalue weighted by atomic mass is 10.2. The molecule has 0 radical (unpaired) electrons. The Bertz CT molecular complexity index is 578. The van der Waals surface area contributed by atoms with E-state index in [1.54, 1.807) is 17.9 Å². The summed E-state index contributed by atoms with van der Waals surface area (Å²) in [6.45, 7) is 4.79. The molecule has 100 valence electrons. The predicted octanol–water partition coefficient (Wildman–Crippen LogP) is 2.23. The molecule has 0 spiro atoms. The number of hydrogen-bond donors (Lipinski definition) is 1. The Balaban J connectivity index is 2.14. The van der Waals surface area contributed by atoms with Crippen molar-refractivity contribution in [2.45, 2.75) is 20.4 Å². The van der Waals surface area contributed by atoms with Crippen molar-refractivity contribution in [1.29, 1.82) is 0 Å². The SMILES string of the molecule is CCN(Cc1cccc(N)c1)C(=O)c1cc(C)on1. The van der Waals surface area contributed by atoms with Crippen molar-refractivity contribution < 1.29 is 9.32 Å². The number of nitrogen functional groups attached to an aromatic ring is 1. The molecule has 2 N–H and O–H groups in total. The zero-order chi connectivity index (χ0) is 13.8. The van der Waals surface area contributed by atoms with E-state index in [2.05, 4.69) is 5.16 Å². The quantitative estimate of drug-likeness (QED) is 0.854. The van der Waals surface area contributed by atoms with Crippen molar-refractivity contribution in [1.82, 2.24) is 10.1 Å². The minimum Gasteiger partial charge on any atom is -0.399 e. The molecule has 0 bridgehead atoms. The van der Waals surface area contributed by atoms with Crippen molar-refractivity contribution in [2.75, 3.05) is 12.3 Å². The number of anilines is 1. The van der Waals surface area contributed by atoms with Crippen LogP contribution in [-0.4, -0.2) is 22.5 Å². The first kappa shape index (κ1) is 13.1. The Labute approximate surface area is 112 Å². The van der Waals surface area contributed by atoms with Crippen molar-refractivity contribution in [3.63, 3.8) is 0 Å². The molecule has 0 saturated heterocycles. The highest BCUT2D eigenvalue weighted by atomic mass is 16.5. The molecule has 1 aromatic heterocycles. The Morgan fingerprint density at radius 3 is 2.79 bits per heavy atom. The summed E-state index contributed by atoms with van der Waals surface area (Å²) in [7, 11) is 0. The fourth-order valence-electron chi connectivity index (χ4n) is 1.87. The molecule has 1 aromatic carbocycles. The molecule has 0 aliphatic rings. The van der Waals surface area contributed by atoms with Crippen LogP contribution < -0.4 is 5.73 Å². The lowest BCUT2D eigenvalue weighted by Crippen LogP contribution is -2.30. The van der Waals surface area contributed by atoms with Gasteiger partial charge in [0.25, 0.3) is 5.91 Å². The molecule has 1 amide bonds. The highest BCUT2D eigenvalue weighted by molar-refractivity contribution is 5.92. The average molecular weight is 259 g/mol. The monoisotopic (exact) mass is 259 g/mol. The van der Waals surface area contributed by atoms with Gasteiger partial charge in [0.15, 0.2) is 5.69 Å². The van der Waals surface area contributed by atoms with E-state index in [0.29, 0.717) is 30.2 Å². The molecule has 0 atom stereocenters. The highest BCUT2D eigenvalue weighted by Gasteiger charge is 2.18. The van der Waals surface area contributed by atoms with E-state index in [4.69, 9.17) is 10.3 Å². The van der Waals surface area contributed by atoms with Crippen LogP contribution in [0.25, 0.3) is 0 Å². The predicted molar refractivity (Wildman–Crippen MR) is 72.5 cm³/mol. The summed E-state index contributed by atoms with van der Waals surface area (Å²) in [4.78, 5) is 14.0. The van der Waals surface area contributed by atoms with Crippen molar-refractivity contribution >= 4 is 11.6 Å². The van der Waals surface area contributed by atoms with Crippen LogP contribution in [-0.2, 0) is 6.54 Å². The van der Waals surface area contributed by atoms with Gasteiger partial charge in [-0.3, -0.25) is 4.79 Å². The normalized spacial score (nSPS) is 10.4. The first-order chi connectivity index (χ1) is 9.10. The first-order valence-corrected chi connectivity index (χ1v) is 6.17. The third kappa shape index (κ3) is 3.13. The second-order valence-corrected chi connectivity index (χ2v) is 4.39. The summed E-state index contributed by atoms with van der Waals surface area (Å²) >= 11 is 0. The van der Waals surface area contributed by atoms with Crippen LogP contribution >= 0.6 is 0 Å². The maximum atomic E-state index is 12.3. The van der Waals surface area contributed by atoms with Crippen LogP contribution in [0.5, 0.6) is 0 Å². The third-order valence-electron chi connectivity index (χ3n) is 2.84. The maximum absolute atomic E-state index is 12.3. The van der Waals surface area contributed by atoms with Gasteiger partial charge in [0.2, 0.25) is 0 Å². The average Bonchev–Trinajstić information content (AvgIpc) is 2.82.